The van der Waals surface area contributed by atoms with Gasteiger partial charge in [0.15, 0.2) is 5.16 Å². The Morgan fingerprint density at radius 1 is 1.28 bits per heavy atom. The number of carbonyl (C=O) groups is 2. The van der Waals surface area contributed by atoms with Gasteiger partial charge in [-0.05, 0) is 24.5 Å². The van der Waals surface area contributed by atoms with Gasteiger partial charge in [-0.25, -0.2) is 9.78 Å². The fourth-order valence-electron chi connectivity index (χ4n) is 2.91. The fraction of sp³-hybridized carbons (Fsp3) is 0.524. The van der Waals surface area contributed by atoms with Crippen LogP contribution in [0.4, 0.5) is 0 Å². The molecule has 1 aromatic carbocycles. The van der Waals surface area contributed by atoms with Gasteiger partial charge in [0, 0.05) is 6.54 Å². The second-order valence-corrected chi connectivity index (χ2v) is 7.91. The lowest BCUT2D eigenvalue weighted by Crippen LogP contribution is -2.46. The van der Waals surface area contributed by atoms with Gasteiger partial charge >= 0.3 is 5.97 Å². The van der Waals surface area contributed by atoms with Crippen LogP contribution in [0.15, 0.2) is 34.2 Å². The van der Waals surface area contributed by atoms with Crippen molar-refractivity contribution in [1.29, 1.82) is 0 Å². The first-order chi connectivity index (χ1) is 13.9. The number of methoxy groups -OCH3 is 1. The molecular weight excluding hydrogens is 390 g/mol. The topological polar surface area (TPSA) is 90.3 Å². The summed E-state index contributed by atoms with van der Waals surface area (Å²) >= 11 is 1.20. The molecule has 1 N–H and O–H groups in total. The minimum atomic E-state index is -0.690. The molecule has 0 aliphatic rings. The Balaban J connectivity index is 2.21. The Kier molecular flexibility index (Phi) is 8.70. The number of rotatable bonds is 10. The summed E-state index contributed by atoms with van der Waals surface area (Å²) in [6.07, 6.45) is 2.52. The van der Waals surface area contributed by atoms with E-state index in [-0.39, 0.29) is 23.1 Å². The molecule has 0 radical (unpaired) electrons. The van der Waals surface area contributed by atoms with Crippen molar-refractivity contribution in [3.05, 3.63) is 34.6 Å². The highest BCUT2D eigenvalue weighted by Crippen LogP contribution is 2.19. The molecule has 0 aliphatic heterocycles. The fourth-order valence-corrected chi connectivity index (χ4v) is 3.75. The van der Waals surface area contributed by atoms with Crippen LogP contribution in [0.5, 0.6) is 0 Å². The quantitative estimate of drug-likeness (QED) is 0.362. The smallest absolute Gasteiger partial charge is 0.328 e. The van der Waals surface area contributed by atoms with Crippen molar-refractivity contribution in [3.63, 3.8) is 0 Å². The number of thioether (sulfide) groups is 1. The standard InChI is InChI=1S/C21H29N3O4S/c1-5-7-12-24-19(26)15-10-8-9-11-16(15)22-21(24)29-13-17(25)23-18(14(3)6-2)20(27)28-4/h8-11,14,18H,5-7,12-13H2,1-4H3,(H,23,25)/t14-,18+/m0/s1. The molecule has 2 rings (SSSR count). The summed E-state index contributed by atoms with van der Waals surface area (Å²) in [5.74, 6) is -0.740. The van der Waals surface area contributed by atoms with E-state index in [1.165, 1.54) is 18.9 Å². The van der Waals surface area contributed by atoms with Crippen molar-refractivity contribution in [3.8, 4) is 0 Å². The van der Waals surface area contributed by atoms with Gasteiger partial charge in [0.05, 0.1) is 23.8 Å². The van der Waals surface area contributed by atoms with E-state index in [1.54, 1.807) is 16.7 Å². The maximum atomic E-state index is 12.9. The number of para-hydroxylation sites is 1. The van der Waals surface area contributed by atoms with Crippen molar-refractivity contribution in [2.75, 3.05) is 12.9 Å². The molecule has 1 aromatic heterocycles. The predicted octanol–water partition coefficient (Wildman–Crippen LogP) is 2.99. The maximum Gasteiger partial charge on any atom is 0.328 e. The van der Waals surface area contributed by atoms with Gasteiger partial charge in [-0.3, -0.25) is 14.2 Å². The number of esters is 1. The van der Waals surface area contributed by atoms with Crippen LogP contribution in [-0.4, -0.2) is 40.3 Å². The van der Waals surface area contributed by atoms with E-state index in [1.807, 2.05) is 26.0 Å². The predicted molar refractivity (Wildman–Crippen MR) is 115 cm³/mol. The molecular formula is C21H29N3O4S. The zero-order chi connectivity index (χ0) is 21.4. The number of amides is 1. The number of hydrogen-bond acceptors (Lipinski definition) is 6. The molecule has 1 heterocycles. The van der Waals surface area contributed by atoms with Crippen molar-refractivity contribution in [1.82, 2.24) is 14.9 Å². The Bertz CT molecular complexity index is 912. The minimum Gasteiger partial charge on any atom is -0.467 e. The van der Waals surface area contributed by atoms with Crippen LogP contribution < -0.4 is 10.9 Å². The molecule has 2 atom stereocenters. The summed E-state index contributed by atoms with van der Waals surface area (Å²) < 4.78 is 6.44. The van der Waals surface area contributed by atoms with Gasteiger partial charge in [-0.1, -0.05) is 57.5 Å². The molecule has 0 saturated carbocycles. The van der Waals surface area contributed by atoms with Crippen molar-refractivity contribution in [2.45, 2.75) is 57.8 Å². The van der Waals surface area contributed by atoms with Crippen LogP contribution in [0, 0.1) is 5.92 Å². The number of hydrogen-bond donors (Lipinski definition) is 1. The third kappa shape index (κ3) is 5.82. The third-order valence-electron chi connectivity index (χ3n) is 4.88. The van der Waals surface area contributed by atoms with E-state index >= 15 is 0 Å². The molecule has 0 unspecified atom stereocenters. The first kappa shape index (κ1) is 22.9. The Morgan fingerprint density at radius 3 is 2.66 bits per heavy atom. The van der Waals surface area contributed by atoms with Gasteiger partial charge in [0.1, 0.15) is 6.04 Å². The average molecular weight is 420 g/mol. The summed E-state index contributed by atoms with van der Waals surface area (Å²) in [7, 11) is 1.31. The normalized spacial score (nSPS) is 13.1. The Hall–Kier alpha value is -2.35. The van der Waals surface area contributed by atoms with Crippen LogP contribution in [-0.2, 0) is 20.9 Å². The van der Waals surface area contributed by atoms with E-state index in [0.717, 1.165) is 19.3 Å². The minimum absolute atomic E-state index is 0.0436. The van der Waals surface area contributed by atoms with Gasteiger partial charge in [-0.2, -0.15) is 0 Å². The van der Waals surface area contributed by atoms with Crippen LogP contribution in [0.2, 0.25) is 0 Å². The van der Waals surface area contributed by atoms with E-state index < -0.39 is 12.0 Å². The highest BCUT2D eigenvalue weighted by Gasteiger charge is 2.26. The van der Waals surface area contributed by atoms with Crippen molar-refractivity contribution in [2.24, 2.45) is 5.92 Å². The maximum absolute atomic E-state index is 12.9. The Labute approximate surface area is 175 Å². The SMILES string of the molecule is CCCCn1c(SCC(=O)N[C@@H](C(=O)OC)[C@@H](C)CC)nc2ccccc2c1=O. The third-order valence-corrected chi connectivity index (χ3v) is 5.86. The second-order valence-electron chi connectivity index (χ2n) is 6.96. The zero-order valence-electron chi connectivity index (χ0n) is 17.4. The Morgan fingerprint density at radius 2 is 2.00 bits per heavy atom. The first-order valence-corrected chi connectivity index (χ1v) is 10.9. The first-order valence-electron chi connectivity index (χ1n) is 9.92. The average Bonchev–Trinajstić information content (AvgIpc) is 2.74. The molecule has 158 valence electrons. The molecule has 1 amide bonds. The molecule has 7 nitrogen and oxygen atoms in total. The second kappa shape index (κ2) is 11.0. The lowest BCUT2D eigenvalue weighted by molar-refractivity contribution is -0.146. The van der Waals surface area contributed by atoms with E-state index in [2.05, 4.69) is 17.2 Å². The monoisotopic (exact) mass is 419 g/mol. The largest absolute Gasteiger partial charge is 0.467 e. The number of unbranched alkanes of at least 4 members (excludes halogenated alkanes) is 1. The van der Waals surface area contributed by atoms with Gasteiger partial charge in [-0.15, -0.1) is 0 Å². The number of fused-ring (bicyclic) bond motifs is 1. The molecule has 0 fully saturated rings. The zero-order valence-corrected chi connectivity index (χ0v) is 18.3. The van der Waals surface area contributed by atoms with Crippen molar-refractivity contribution >= 4 is 34.5 Å². The van der Waals surface area contributed by atoms with Crippen LogP contribution in [0.1, 0.15) is 40.0 Å². The number of nitrogens with one attached hydrogen (secondary N) is 1. The molecule has 0 aliphatic carbocycles. The van der Waals surface area contributed by atoms with E-state index in [0.29, 0.717) is 22.6 Å². The summed E-state index contributed by atoms with van der Waals surface area (Å²) in [6.45, 7) is 6.45. The summed E-state index contributed by atoms with van der Waals surface area (Å²) in [5.41, 5.74) is 0.513. The molecule has 0 spiro atoms. The molecule has 0 saturated heterocycles. The summed E-state index contributed by atoms with van der Waals surface area (Å²) in [6, 6.07) is 6.52. The van der Waals surface area contributed by atoms with E-state index in [9.17, 15) is 14.4 Å². The number of carbonyl (C=O) groups excluding carboxylic acids is 2. The highest BCUT2D eigenvalue weighted by atomic mass is 32.2. The number of aromatic nitrogens is 2. The molecule has 0 bridgehead atoms. The summed E-state index contributed by atoms with van der Waals surface area (Å²) in [5, 5.41) is 3.83. The van der Waals surface area contributed by atoms with Gasteiger partial charge < -0.3 is 10.1 Å². The number of nitrogens with zero attached hydrogens (tertiary/aromatic N) is 2. The van der Waals surface area contributed by atoms with Crippen LogP contribution in [0.3, 0.4) is 0 Å². The molecule has 8 heteroatoms. The lowest BCUT2D eigenvalue weighted by atomic mass is 9.99. The van der Waals surface area contributed by atoms with Crippen LogP contribution in [0.25, 0.3) is 10.9 Å². The highest BCUT2D eigenvalue weighted by molar-refractivity contribution is 7.99. The van der Waals surface area contributed by atoms with Crippen molar-refractivity contribution < 1.29 is 14.3 Å². The van der Waals surface area contributed by atoms with Gasteiger partial charge in [0.25, 0.3) is 5.56 Å². The molecule has 2 aromatic rings. The van der Waals surface area contributed by atoms with Gasteiger partial charge in [0.2, 0.25) is 5.91 Å². The number of benzene rings is 1. The molecule has 29 heavy (non-hydrogen) atoms. The summed E-state index contributed by atoms with van der Waals surface area (Å²) in [4.78, 5) is 41.9. The van der Waals surface area contributed by atoms with E-state index in [4.69, 9.17) is 4.74 Å². The lowest BCUT2D eigenvalue weighted by Gasteiger charge is -2.21. The van der Waals surface area contributed by atoms with Crippen LogP contribution >= 0.6 is 11.8 Å². The number of ether oxygens (including phenoxy) is 1.